The highest BCUT2D eigenvalue weighted by molar-refractivity contribution is 7.59. The number of ketones is 1. The number of rotatable bonds is 5. The molecule has 0 amide bonds. The molecule has 0 aliphatic rings. The van der Waals surface area contributed by atoms with Crippen molar-refractivity contribution in [1.29, 1.82) is 0 Å². The molecule has 0 saturated carbocycles. The molecule has 14 heavy (non-hydrogen) atoms. The van der Waals surface area contributed by atoms with E-state index in [-0.39, 0.29) is 25.2 Å². The van der Waals surface area contributed by atoms with Gasteiger partial charge in [0, 0.05) is 12.0 Å². The van der Waals surface area contributed by atoms with Gasteiger partial charge in [-0.05, 0) is 12.3 Å². The second-order valence-electron chi connectivity index (χ2n) is 4.30. The third kappa shape index (κ3) is 5.62. The van der Waals surface area contributed by atoms with Crippen molar-refractivity contribution in [3.63, 3.8) is 0 Å². The highest BCUT2D eigenvalue weighted by Crippen LogP contribution is 2.09. The minimum atomic E-state index is -0.998. The third-order valence-corrected chi connectivity index (χ3v) is 2.01. The summed E-state index contributed by atoms with van der Waals surface area (Å²) in [6, 6.07) is -0.421. The van der Waals surface area contributed by atoms with Crippen LogP contribution in [0.2, 0.25) is 0 Å². The maximum Gasteiger partial charge on any atom is 0.165 e. The molecule has 0 aromatic heterocycles. The van der Waals surface area contributed by atoms with E-state index in [2.05, 4.69) is 0 Å². The lowest BCUT2D eigenvalue weighted by atomic mass is 9.93. The first kappa shape index (κ1) is 16.4. The van der Waals surface area contributed by atoms with E-state index < -0.39 is 12.1 Å². The summed E-state index contributed by atoms with van der Waals surface area (Å²) in [7, 11) is 0. The number of carbonyl (C=O) groups is 1. The number of Topliss-reactive ketones (excluding diaryl/α,β-unsaturated/α-hetero) is 1. The summed E-state index contributed by atoms with van der Waals surface area (Å²) in [6.07, 6.45) is -0.318. The van der Waals surface area contributed by atoms with Crippen LogP contribution in [0.4, 0.5) is 0 Å². The van der Waals surface area contributed by atoms with Crippen molar-refractivity contribution in [2.24, 2.45) is 17.6 Å². The van der Waals surface area contributed by atoms with Crippen LogP contribution in [-0.2, 0) is 4.79 Å². The van der Waals surface area contributed by atoms with Crippen molar-refractivity contribution in [2.45, 2.75) is 46.3 Å². The van der Waals surface area contributed by atoms with E-state index in [0.717, 1.165) is 0 Å². The van der Waals surface area contributed by atoms with Gasteiger partial charge in [0.15, 0.2) is 5.78 Å². The van der Waals surface area contributed by atoms with Crippen LogP contribution >= 0.6 is 13.5 Å². The van der Waals surface area contributed by atoms with Crippen LogP contribution in [0, 0.1) is 11.8 Å². The van der Waals surface area contributed by atoms with E-state index in [1.807, 2.05) is 13.8 Å². The minimum absolute atomic E-state index is 0. The van der Waals surface area contributed by atoms with Gasteiger partial charge in [-0.15, -0.1) is 0 Å². The Morgan fingerprint density at radius 1 is 1.29 bits per heavy atom. The Morgan fingerprint density at radius 2 is 1.71 bits per heavy atom. The number of nitrogens with two attached hydrogens (primary N) is 1. The molecule has 0 aliphatic heterocycles. The molecule has 3 N–H and O–H groups in total. The topological polar surface area (TPSA) is 63.3 Å². The van der Waals surface area contributed by atoms with Crippen molar-refractivity contribution < 1.29 is 9.90 Å². The van der Waals surface area contributed by atoms with Gasteiger partial charge in [-0.25, -0.2) is 0 Å². The molecule has 86 valence electrons. The Bertz CT molecular complexity index is 172. The van der Waals surface area contributed by atoms with Crippen LogP contribution in [0.25, 0.3) is 0 Å². The third-order valence-electron chi connectivity index (χ3n) is 2.01. The fraction of sp³-hybridized carbons (Fsp3) is 0.900. The highest BCUT2D eigenvalue weighted by atomic mass is 32.1. The molecule has 0 aromatic rings. The van der Waals surface area contributed by atoms with Crippen LogP contribution < -0.4 is 5.73 Å². The number of aliphatic hydroxyl groups is 1. The molecular weight excluding hydrogens is 198 g/mol. The molecule has 0 rings (SSSR count). The summed E-state index contributed by atoms with van der Waals surface area (Å²) in [5.74, 6) is 0.103. The van der Waals surface area contributed by atoms with Crippen molar-refractivity contribution in [3.05, 3.63) is 0 Å². The maximum absolute atomic E-state index is 11.3. The highest BCUT2D eigenvalue weighted by Gasteiger charge is 2.25. The molecule has 0 bridgehead atoms. The average molecular weight is 221 g/mol. The fourth-order valence-corrected chi connectivity index (χ4v) is 1.23. The van der Waals surface area contributed by atoms with Crippen molar-refractivity contribution >= 4 is 19.3 Å². The predicted molar refractivity (Wildman–Crippen MR) is 63.7 cm³/mol. The second kappa shape index (κ2) is 7.26. The molecule has 0 heterocycles. The SMILES string of the molecule is CC(C)C[C@@H](N)[C@H](O)C(=O)C(C)C.S. The van der Waals surface area contributed by atoms with Gasteiger partial charge in [0.2, 0.25) is 0 Å². The first-order valence-corrected chi connectivity index (χ1v) is 4.83. The molecule has 0 aliphatic carbocycles. The lowest BCUT2D eigenvalue weighted by Gasteiger charge is -2.20. The first-order valence-electron chi connectivity index (χ1n) is 4.83. The molecule has 2 atom stereocenters. The lowest BCUT2D eigenvalue weighted by molar-refractivity contribution is -0.131. The van der Waals surface area contributed by atoms with Gasteiger partial charge < -0.3 is 10.8 Å². The van der Waals surface area contributed by atoms with E-state index >= 15 is 0 Å². The van der Waals surface area contributed by atoms with Crippen molar-refractivity contribution in [1.82, 2.24) is 0 Å². The average Bonchev–Trinajstić information content (AvgIpc) is 2.00. The summed E-state index contributed by atoms with van der Waals surface area (Å²) in [5.41, 5.74) is 5.69. The lowest BCUT2D eigenvalue weighted by Crippen LogP contribution is -2.43. The molecule has 0 radical (unpaired) electrons. The number of hydrogen-bond donors (Lipinski definition) is 2. The molecule has 0 aromatic carbocycles. The van der Waals surface area contributed by atoms with Gasteiger partial charge in [-0.3, -0.25) is 4.79 Å². The Kier molecular flexibility index (Phi) is 8.49. The molecule has 0 saturated heterocycles. The first-order chi connectivity index (χ1) is 5.86. The summed E-state index contributed by atoms with van der Waals surface area (Å²) in [4.78, 5) is 11.3. The van der Waals surface area contributed by atoms with E-state index in [0.29, 0.717) is 12.3 Å². The van der Waals surface area contributed by atoms with Crippen LogP contribution in [0.3, 0.4) is 0 Å². The van der Waals surface area contributed by atoms with Gasteiger partial charge >= 0.3 is 0 Å². The molecular formula is C10H23NO2S. The Morgan fingerprint density at radius 3 is 2.00 bits per heavy atom. The van der Waals surface area contributed by atoms with E-state index in [4.69, 9.17) is 5.73 Å². The van der Waals surface area contributed by atoms with Crippen LogP contribution in [-0.4, -0.2) is 23.0 Å². The minimum Gasteiger partial charge on any atom is -0.384 e. The largest absolute Gasteiger partial charge is 0.384 e. The van der Waals surface area contributed by atoms with Crippen LogP contribution in [0.5, 0.6) is 0 Å². The second-order valence-corrected chi connectivity index (χ2v) is 4.30. The summed E-state index contributed by atoms with van der Waals surface area (Å²) in [5, 5.41) is 9.53. The standard InChI is InChI=1S/C10H21NO2.H2S/c1-6(2)5-8(11)10(13)9(12)7(3)4;/h6-8,10,13H,5,11H2,1-4H3;1H2/t8-,10+;/m1./s1. The van der Waals surface area contributed by atoms with Crippen molar-refractivity contribution in [2.75, 3.05) is 0 Å². The maximum atomic E-state index is 11.3. The number of hydrogen-bond acceptors (Lipinski definition) is 3. The summed E-state index contributed by atoms with van der Waals surface area (Å²) in [6.45, 7) is 7.58. The van der Waals surface area contributed by atoms with E-state index in [1.165, 1.54) is 0 Å². The summed E-state index contributed by atoms with van der Waals surface area (Å²) >= 11 is 0. The quantitative estimate of drug-likeness (QED) is 0.729. The Labute approximate surface area is 93.5 Å². The smallest absolute Gasteiger partial charge is 0.165 e. The van der Waals surface area contributed by atoms with Gasteiger partial charge in [0.05, 0.1) is 0 Å². The van der Waals surface area contributed by atoms with E-state index in [9.17, 15) is 9.90 Å². The van der Waals surface area contributed by atoms with Crippen molar-refractivity contribution in [3.8, 4) is 0 Å². The fourth-order valence-electron chi connectivity index (χ4n) is 1.23. The van der Waals surface area contributed by atoms with Gasteiger partial charge in [0.25, 0.3) is 0 Å². The summed E-state index contributed by atoms with van der Waals surface area (Å²) < 4.78 is 0. The molecule has 3 nitrogen and oxygen atoms in total. The zero-order chi connectivity index (χ0) is 10.6. The van der Waals surface area contributed by atoms with Gasteiger partial charge in [0.1, 0.15) is 6.10 Å². The molecule has 0 fully saturated rings. The number of carbonyl (C=O) groups excluding carboxylic acids is 1. The van der Waals surface area contributed by atoms with Gasteiger partial charge in [-0.2, -0.15) is 13.5 Å². The van der Waals surface area contributed by atoms with Crippen LogP contribution in [0.15, 0.2) is 0 Å². The Balaban J connectivity index is 0. The zero-order valence-electron chi connectivity index (χ0n) is 9.45. The monoisotopic (exact) mass is 221 g/mol. The zero-order valence-corrected chi connectivity index (χ0v) is 10.4. The van der Waals surface area contributed by atoms with Crippen LogP contribution in [0.1, 0.15) is 34.1 Å². The number of aliphatic hydroxyl groups excluding tert-OH is 1. The molecule has 0 unspecified atom stereocenters. The normalized spacial score (nSPS) is 15.1. The molecule has 0 spiro atoms. The van der Waals surface area contributed by atoms with E-state index in [1.54, 1.807) is 13.8 Å². The molecule has 4 heteroatoms. The Hall–Kier alpha value is -0.0600. The van der Waals surface area contributed by atoms with Gasteiger partial charge in [-0.1, -0.05) is 27.7 Å². The predicted octanol–water partition coefficient (Wildman–Crippen LogP) is 1.06.